The summed E-state index contributed by atoms with van der Waals surface area (Å²) >= 11 is 0. The average molecular weight is 295 g/mol. The molecule has 0 aromatic carbocycles. The zero-order valence-electron chi connectivity index (χ0n) is 11.2. The Balaban J connectivity index is 2.04. The molecule has 8 heteroatoms. The second kappa shape index (κ2) is 6.02. The minimum atomic E-state index is -3.77. The number of aryl methyl sites for hydroxylation is 1. The molecule has 20 heavy (non-hydrogen) atoms. The first-order chi connectivity index (χ1) is 9.48. The smallest absolute Gasteiger partial charge is 0.241 e. The number of rotatable bonds is 6. The van der Waals surface area contributed by atoms with Gasteiger partial charge in [0, 0.05) is 38.7 Å². The number of hydrogen-bond donors (Lipinski definition) is 1. The molecule has 0 fully saturated rings. The number of anilines is 1. The Bertz CT molecular complexity index is 654. The van der Waals surface area contributed by atoms with Crippen LogP contribution >= 0.6 is 0 Å². The molecule has 0 aliphatic rings. The molecular formula is C12H17N5O2S. The van der Waals surface area contributed by atoms with E-state index in [0.29, 0.717) is 12.4 Å². The Hall–Kier alpha value is -1.93. The third-order valence-corrected chi connectivity index (χ3v) is 3.82. The fraction of sp³-hybridized carbons (Fsp3) is 0.333. The standard InChI is InChI=1S/C12H17N5O2S/c1-16(7-3-8-17-9-6-14-10-17)12-11(20(13,18)19)4-2-5-15-12/h2,4-6,9-10H,3,7-8H2,1H3,(H2,13,18,19). The van der Waals surface area contributed by atoms with Crippen molar-refractivity contribution >= 4 is 15.8 Å². The highest BCUT2D eigenvalue weighted by atomic mass is 32.2. The van der Waals surface area contributed by atoms with Crippen LogP contribution in [0, 0.1) is 0 Å². The highest BCUT2D eigenvalue weighted by Gasteiger charge is 2.17. The lowest BCUT2D eigenvalue weighted by molar-refractivity contribution is 0.596. The van der Waals surface area contributed by atoms with Gasteiger partial charge in [-0.1, -0.05) is 0 Å². The van der Waals surface area contributed by atoms with Crippen LogP contribution in [0.5, 0.6) is 0 Å². The summed E-state index contributed by atoms with van der Waals surface area (Å²) in [5, 5.41) is 5.19. The van der Waals surface area contributed by atoms with Crippen molar-refractivity contribution in [1.29, 1.82) is 0 Å². The minimum Gasteiger partial charge on any atom is -0.358 e. The Labute approximate surface area is 118 Å². The molecule has 2 aromatic heterocycles. The molecule has 0 spiro atoms. The van der Waals surface area contributed by atoms with E-state index in [1.54, 1.807) is 36.7 Å². The van der Waals surface area contributed by atoms with Gasteiger partial charge in [0.25, 0.3) is 0 Å². The first kappa shape index (κ1) is 14.5. The van der Waals surface area contributed by atoms with Crippen molar-refractivity contribution in [2.45, 2.75) is 17.9 Å². The lowest BCUT2D eigenvalue weighted by Crippen LogP contribution is -2.25. The van der Waals surface area contributed by atoms with Crippen LogP contribution in [-0.4, -0.2) is 36.5 Å². The summed E-state index contributed by atoms with van der Waals surface area (Å²) in [6, 6.07) is 3.02. The SMILES string of the molecule is CN(CCCn1ccnc1)c1ncccc1S(N)(=O)=O. The van der Waals surface area contributed by atoms with E-state index in [2.05, 4.69) is 9.97 Å². The van der Waals surface area contributed by atoms with Crippen LogP contribution in [0.2, 0.25) is 0 Å². The van der Waals surface area contributed by atoms with E-state index in [1.807, 2.05) is 10.8 Å². The molecular weight excluding hydrogens is 278 g/mol. The lowest BCUT2D eigenvalue weighted by Gasteiger charge is -2.20. The monoisotopic (exact) mass is 295 g/mol. The van der Waals surface area contributed by atoms with Crippen LogP contribution in [-0.2, 0) is 16.6 Å². The van der Waals surface area contributed by atoms with Crippen LogP contribution < -0.4 is 10.0 Å². The summed E-state index contributed by atoms with van der Waals surface area (Å²) in [4.78, 5) is 9.91. The summed E-state index contributed by atoms with van der Waals surface area (Å²) in [6.45, 7) is 1.47. The summed E-state index contributed by atoms with van der Waals surface area (Å²) in [5.41, 5.74) is 0. The van der Waals surface area contributed by atoms with Crippen molar-refractivity contribution in [1.82, 2.24) is 14.5 Å². The van der Waals surface area contributed by atoms with Gasteiger partial charge in [-0.15, -0.1) is 0 Å². The normalized spacial score (nSPS) is 11.5. The molecule has 2 N–H and O–H groups in total. The Morgan fingerprint density at radius 3 is 2.85 bits per heavy atom. The maximum atomic E-state index is 11.5. The van der Waals surface area contributed by atoms with Crippen LogP contribution in [0.25, 0.3) is 0 Å². The van der Waals surface area contributed by atoms with Gasteiger partial charge in [-0.2, -0.15) is 0 Å². The molecule has 108 valence electrons. The average Bonchev–Trinajstić information content (AvgIpc) is 2.91. The van der Waals surface area contributed by atoms with E-state index in [4.69, 9.17) is 5.14 Å². The van der Waals surface area contributed by atoms with E-state index < -0.39 is 10.0 Å². The molecule has 0 aliphatic heterocycles. The fourth-order valence-corrected chi connectivity index (χ4v) is 2.64. The number of imidazole rings is 1. The van der Waals surface area contributed by atoms with Crippen molar-refractivity contribution < 1.29 is 8.42 Å². The summed E-state index contributed by atoms with van der Waals surface area (Å²) in [7, 11) is -1.97. The largest absolute Gasteiger partial charge is 0.358 e. The van der Waals surface area contributed by atoms with Crippen molar-refractivity contribution in [3.8, 4) is 0 Å². The number of hydrogen-bond acceptors (Lipinski definition) is 5. The predicted molar refractivity (Wildman–Crippen MR) is 75.7 cm³/mol. The molecule has 2 aromatic rings. The quantitative estimate of drug-likeness (QED) is 0.835. The summed E-state index contributed by atoms with van der Waals surface area (Å²) < 4.78 is 25.0. The van der Waals surface area contributed by atoms with Gasteiger partial charge < -0.3 is 9.47 Å². The maximum absolute atomic E-state index is 11.5. The van der Waals surface area contributed by atoms with Crippen LogP contribution in [0.15, 0.2) is 41.9 Å². The third-order valence-electron chi connectivity index (χ3n) is 2.89. The van der Waals surface area contributed by atoms with Gasteiger partial charge in [0.15, 0.2) is 0 Å². The van der Waals surface area contributed by atoms with Gasteiger partial charge in [-0.25, -0.2) is 23.5 Å². The molecule has 2 heterocycles. The molecule has 0 saturated carbocycles. The highest BCUT2D eigenvalue weighted by molar-refractivity contribution is 7.89. The number of pyridine rings is 1. The molecule has 0 atom stereocenters. The molecule has 0 radical (unpaired) electrons. The van der Waals surface area contributed by atoms with Gasteiger partial charge in [0.05, 0.1) is 6.33 Å². The first-order valence-corrected chi connectivity index (χ1v) is 7.68. The zero-order chi connectivity index (χ0) is 14.6. The van der Waals surface area contributed by atoms with Crippen molar-refractivity contribution in [2.75, 3.05) is 18.5 Å². The van der Waals surface area contributed by atoms with Crippen molar-refractivity contribution in [3.63, 3.8) is 0 Å². The highest BCUT2D eigenvalue weighted by Crippen LogP contribution is 2.19. The number of sulfonamides is 1. The van der Waals surface area contributed by atoms with Crippen LogP contribution in [0.3, 0.4) is 0 Å². The van der Waals surface area contributed by atoms with Crippen molar-refractivity contribution in [2.24, 2.45) is 5.14 Å². The molecule has 0 saturated heterocycles. The Kier molecular flexibility index (Phi) is 4.35. The Morgan fingerprint density at radius 1 is 1.40 bits per heavy atom. The number of nitrogens with two attached hydrogens (primary N) is 1. The van der Waals surface area contributed by atoms with E-state index in [-0.39, 0.29) is 4.90 Å². The molecule has 0 unspecified atom stereocenters. The molecule has 0 amide bonds. The van der Waals surface area contributed by atoms with Crippen LogP contribution in [0.1, 0.15) is 6.42 Å². The molecule has 0 aliphatic carbocycles. The molecule has 7 nitrogen and oxygen atoms in total. The van der Waals surface area contributed by atoms with Gasteiger partial charge in [0.2, 0.25) is 10.0 Å². The van der Waals surface area contributed by atoms with Gasteiger partial charge >= 0.3 is 0 Å². The summed E-state index contributed by atoms with van der Waals surface area (Å²) in [5.74, 6) is 0.376. The Morgan fingerprint density at radius 2 is 2.20 bits per heavy atom. The number of nitrogens with zero attached hydrogens (tertiary/aromatic N) is 4. The van der Waals surface area contributed by atoms with Gasteiger partial charge in [-0.05, 0) is 18.6 Å². The van der Waals surface area contributed by atoms with Gasteiger partial charge in [0.1, 0.15) is 10.7 Å². The third kappa shape index (κ3) is 3.55. The van der Waals surface area contributed by atoms with E-state index in [0.717, 1.165) is 13.0 Å². The fourth-order valence-electron chi connectivity index (χ4n) is 1.91. The second-order valence-electron chi connectivity index (χ2n) is 4.45. The number of aromatic nitrogens is 3. The molecule has 0 bridgehead atoms. The second-order valence-corrected chi connectivity index (χ2v) is 5.98. The van der Waals surface area contributed by atoms with E-state index in [9.17, 15) is 8.42 Å². The lowest BCUT2D eigenvalue weighted by atomic mass is 10.3. The van der Waals surface area contributed by atoms with E-state index >= 15 is 0 Å². The van der Waals surface area contributed by atoms with E-state index in [1.165, 1.54) is 6.07 Å². The number of primary sulfonamides is 1. The summed E-state index contributed by atoms with van der Waals surface area (Å²) in [6.07, 6.45) is 7.75. The minimum absolute atomic E-state index is 0.0464. The topological polar surface area (TPSA) is 94.1 Å². The van der Waals surface area contributed by atoms with Crippen molar-refractivity contribution in [3.05, 3.63) is 37.1 Å². The maximum Gasteiger partial charge on any atom is 0.241 e. The van der Waals surface area contributed by atoms with Crippen LogP contribution in [0.4, 0.5) is 5.82 Å². The predicted octanol–water partition coefficient (Wildman–Crippen LogP) is 0.452. The van der Waals surface area contributed by atoms with Gasteiger partial charge in [-0.3, -0.25) is 0 Å². The zero-order valence-corrected chi connectivity index (χ0v) is 12.0. The first-order valence-electron chi connectivity index (χ1n) is 6.13. The molecule has 2 rings (SSSR count).